The summed E-state index contributed by atoms with van der Waals surface area (Å²) in [4.78, 5) is 18.8. The van der Waals surface area contributed by atoms with Crippen molar-refractivity contribution in [2.45, 2.75) is 31.7 Å². The van der Waals surface area contributed by atoms with Crippen molar-refractivity contribution in [1.82, 2.24) is 20.1 Å². The predicted molar refractivity (Wildman–Crippen MR) is 110 cm³/mol. The maximum atomic E-state index is 12.9. The lowest BCUT2D eigenvalue weighted by molar-refractivity contribution is -0.122. The molecule has 28 heavy (non-hydrogen) atoms. The minimum Gasteiger partial charge on any atom is -0.358 e. The maximum Gasteiger partial charge on any atom is 0.230 e. The fourth-order valence-electron chi connectivity index (χ4n) is 5.01. The first-order valence-electron chi connectivity index (χ1n) is 9.61. The van der Waals surface area contributed by atoms with E-state index in [4.69, 9.17) is 11.6 Å². The van der Waals surface area contributed by atoms with E-state index < -0.39 is 0 Å². The molecule has 1 fully saturated rings. The first-order valence-corrected chi connectivity index (χ1v) is 9.99. The van der Waals surface area contributed by atoms with E-state index >= 15 is 0 Å². The Hall–Kier alpha value is -2.44. The molecule has 144 valence electrons. The average Bonchev–Trinajstić information content (AvgIpc) is 3.01. The van der Waals surface area contributed by atoms with Gasteiger partial charge >= 0.3 is 0 Å². The summed E-state index contributed by atoms with van der Waals surface area (Å²) in [6.07, 6.45) is 1.87. The number of fused-ring (bicyclic) bond motifs is 2. The third kappa shape index (κ3) is 2.79. The van der Waals surface area contributed by atoms with Crippen LogP contribution in [0.15, 0.2) is 30.3 Å². The quantitative estimate of drug-likeness (QED) is 0.696. The molecule has 0 radical (unpaired) electrons. The number of rotatable bonds is 2. The monoisotopic (exact) mass is 395 g/mol. The van der Waals surface area contributed by atoms with E-state index in [0.717, 1.165) is 19.4 Å². The summed E-state index contributed by atoms with van der Waals surface area (Å²) in [6, 6.07) is 10.2. The molecule has 2 aromatic heterocycles. The number of benzene rings is 1. The molecule has 1 saturated heterocycles. The van der Waals surface area contributed by atoms with Gasteiger partial charge in [-0.2, -0.15) is 0 Å². The highest BCUT2D eigenvalue weighted by atomic mass is 35.5. The molecular weight excluding hydrogens is 374 g/mol. The molecular formula is C21H22ClN5O. The fraction of sp³-hybridized carbons (Fsp3) is 0.381. The van der Waals surface area contributed by atoms with Crippen molar-refractivity contribution >= 4 is 34.2 Å². The lowest BCUT2D eigenvalue weighted by Gasteiger charge is -2.45. The molecule has 1 aliphatic heterocycles. The highest BCUT2D eigenvalue weighted by molar-refractivity contribution is 6.29. The Morgan fingerprint density at radius 2 is 2.14 bits per heavy atom. The number of amides is 1. The highest BCUT2D eigenvalue weighted by Gasteiger charge is 2.41. The van der Waals surface area contributed by atoms with Crippen molar-refractivity contribution in [2.75, 3.05) is 18.9 Å². The summed E-state index contributed by atoms with van der Waals surface area (Å²) in [5.41, 5.74) is 5.26. The summed E-state index contributed by atoms with van der Waals surface area (Å²) >= 11 is 5.78. The molecule has 1 aliphatic carbocycles. The van der Waals surface area contributed by atoms with Crippen LogP contribution in [0.4, 0.5) is 5.82 Å². The summed E-state index contributed by atoms with van der Waals surface area (Å²) in [6.45, 7) is 2.90. The number of piperidine rings is 1. The van der Waals surface area contributed by atoms with Gasteiger partial charge in [-0.1, -0.05) is 23.7 Å². The number of carbonyl (C=O) groups is 1. The van der Waals surface area contributed by atoms with Crippen LogP contribution in [0.5, 0.6) is 0 Å². The van der Waals surface area contributed by atoms with Crippen LogP contribution >= 0.6 is 11.6 Å². The van der Waals surface area contributed by atoms with Gasteiger partial charge in [0.25, 0.3) is 0 Å². The van der Waals surface area contributed by atoms with E-state index in [1.807, 2.05) is 0 Å². The van der Waals surface area contributed by atoms with Gasteiger partial charge in [-0.3, -0.25) is 4.79 Å². The number of carbonyl (C=O) groups excluding carboxylic acids is 1. The Bertz CT molecular complexity index is 1060. The minimum absolute atomic E-state index is 0.00913. The standard InChI is InChI=1S/C21H22ClN5O/c1-11-14-9-17-15(13-4-3-5-16(23-11)20(13)14)8-12(10-27(17)2)21(28)24-19-7-6-18(22)25-26-19/h3-7,12,15,17,23H,8-10H2,1-2H3,(H,24,26,28)/t12?,15-,17-/m1/s1. The zero-order chi connectivity index (χ0) is 19.4. The summed E-state index contributed by atoms with van der Waals surface area (Å²) in [5.74, 6) is 0.677. The number of H-pyrrole nitrogens is 1. The number of likely N-dealkylation sites (tertiary alicyclic amines) is 1. The van der Waals surface area contributed by atoms with Gasteiger partial charge in [0.2, 0.25) is 5.91 Å². The fourth-order valence-corrected chi connectivity index (χ4v) is 5.11. The molecule has 1 unspecified atom stereocenters. The van der Waals surface area contributed by atoms with Gasteiger partial charge in [0.1, 0.15) is 0 Å². The largest absolute Gasteiger partial charge is 0.358 e. The van der Waals surface area contributed by atoms with Gasteiger partial charge in [0.15, 0.2) is 11.0 Å². The van der Waals surface area contributed by atoms with Gasteiger partial charge in [-0.25, -0.2) is 0 Å². The predicted octanol–water partition coefficient (Wildman–Crippen LogP) is 3.52. The van der Waals surface area contributed by atoms with Crippen molar-refractivity contribution in [1.29, 1.82) is 0 Å². The topological polar surface area (TPSA) is 73.9 Å². The van der Waals surface area contributed by atoms with Gasteiger partial charge in [-0.15, -0.1) is 10.2 Å². The van der Waals surface area contributed by atoms with Gasteiger partial charge < -0.3 is 15.2 Å². The van der Waals surface area contributed by atoms with Crippen molar-refractivity contribution < 1.29 is 4.79 Å². The normalized spacial score (nSPS) is 24.2. The molecule has 2 aliphatic rings. The Labute approximate surface area is 168 Å². The van der Waals surface area contributed by atoms with Crippen molar-refractivity contribution in [3.05, 3.63) is 52.3 Å². The zero-order valence-electron chi connectivity index (χ0n) is 15.9. The molecule has 0 saturated carbocycles. The van der Waals surface area contributed by atoms with Crippen LogP contribution in [-0.4, -0.2) is 45.6 Å². The number of aryl methyl sites for hydroxylation is 1. The minimum atomic E-state index is -0.0967. The van der Waals surface area contributed by atoms with Crippen molar-refractivity contribution in [2.24, 2.45) is 5.92 Å². The summed E-state index contributed by atoms with van der Waals surface area (Å²) in [5, 5.41) is 12.3. The van der Waals surface area contributed by atoms with Crippen LogP contribution in [0.3, 0.4) is 0 Å². The zero-order valence-corrected chi connectivity index (χ0v) is 16.6. The Kier molecular flexibility index (Phi) is 4.14. The second kappa shape index (κ2) is 6.57. The molecule has 0 bridgehead atoms. The number of nitrogens with zero attached hydrogens (tertiary/aromatic N) is 3. The summed E-state index contributed by atoms with van der Waals surface area (Å²) in [7, 11) is 2.13. The van der Waals surface area contributed by atoms with Crippen molar-refractivity contribution in [3.8, 4) is 0 Å². The van der Waals surface area contributed by atoms with Crippen LogP contribution in [0.1, 0.15) is 29.2 Å². The van der Waals surface area contributed by atoms with Crippen molar-refractivity contribution in [3.63, 3.8) is 0 Å². The molecule has 3 heterocycles. The van der Waals surface area contributed by atoms with Crippen LogP contribution in [0.2, 0.25) is 5.15 Å². The van der Waals surface area contributed by atoms with E-state index in [1.54, 1.807) is 12.1 Å². The molecule has 3 atom stereocenters. The number of nitrogens with one attached hydrogen (secondary N) is 2. The SMILES string of the molecule is Cc1[nH]c2cccc3c2c1C[C@@H]1[C@@H]3CC(C(=O)Nc2ccc(Cl)nn2)CN1C. The Morgan fingerprint density at radius 1 is 1.29 bits per heavy atom. The van der Waals surface area contributed by atoms with E-state index in [9.17, 15) is 4.79 Å². The molecule has 3 aromatic rings. The second-order valence-electron chi connectivity index (χ2n) is 7.98. The molecule has 7 heteroatoms. The summed E-state index contributed by atoms with van der Waals surface area (Å²) < 4.78 is 0. The Morgan fingerprint density at radius 3 is 2.93 bits per heavy atom. The third-order valence-electron chi connectivity index (χ3n) is 6.32. The molecule has 5 rings (SSSR count). The third-order valence-corrected chi connectivity index (χ3v) is 6.52. The highest BCUT2D eigenvalue weighted by Crippen LogP contribution is 2.45. The van der Waals surface area contributed by atoms with Crippen LogP contribution in [-0.2, 0) is 11.2 Å². The first-order chi connectivity index (χ1) is 13.5. The molecule has 6 nitrogen and oxygen atoms in total. The number of hydrogen-bond donors (Lipinski definition) is 2. The molecule has 1 amide bonds. The number of halogens is 1. The van der Waals surface area contributed by atoms with Gasteiger partial charge in [0.05, 0.1) is 5.92 Å². The molecule has 1 aromatic carbocycles. The van der Waals surface area contributed by atoms with E-state index in [1.165, 1.54) is 27.7 Å². The lowest BCUT2D eigenvalue weighted by Crippen LogP contribution is -2.50. The number of aromatic amines is 1. The van der Waals surface area contributed by atoms with Gasteiger partial charge in [0, 0.05) is 35.1 Å². The second-order valence-corrected chi connectivity index (χ2v) is 8.37. The molecule has 0 spiro atoms. The molecule has 2 N–H and O–H groups in total. The number of hydrogen-bond acceptors (Lipinski definition) is 4. The Balaban J connectivity index is 1.44. The number of anilines is 1. The number of aromatic nitrogens is 3. The van der Waals surface area contributed by atoms with Gasteiger partial charge in [-0.05, 0) is 56.1 Å². The van der Waals surface area contributed by atoms with E-state index in [-0.39, 0.29) is 11.8 Å². The van der Waals surface area contributed by atoms with Crippen LogP contribution in [0, 0.1) is 12.8 Å². The number of likely N-dealkylation sites (N-methyl/N-ethyl adjacent to an activating group) is 1. The van der Waals surface area contributed by atoms with E-state index in [0.29, 0.717) is 22.9 Å². The van der Waals surface area contributed by atoms with Crippen LogP contribution < -0.4 is 5.32 Å². The maximum absolute atomic E-state index is 12.9. The first kappa shape index (κ1) is 17.6. The average molecular weight is 396 g/mol. The van der Waals surface area contributed by atoms with Crippen LogP contribution in [0.25, 0.3) is 10.9 Å². The lowest BCUT2D eigenvalue weighted by atomic mass is 9.72. The smallest absolute Gasteiger partial charge is 0.230 e. The van der Waals surface area contributed by atoms with E-state index in [2.05, 4.69) is 57.6 Å².